The molecule has 1 N–H and O–H groups in total. The average molecular weight is 267 g/mol. The van der Waals surface area contributed by atoms with Gasteiger partial charge in [-0.15, -0.1) is 0 Å². The van der Waals surface area contributed by atoms with Crippen molar-refractivity contribution in [1.29, 1.82) is 0 Å². The number of benzene rings is 1. The minimum absolute atomic E-state index is 0.0355. The Morgan fingerprint density at radius 2 is 1.89 bits per heavy atom. The van der Waals surface area contributed by atoms with Crippen LogP contribution in [0.3, 0.4) is 0 Å². The van der Waals surface area contributed by atoms with Gasteiger partial charge in [0, 0.05) is 18.2 Å². The van der Waals surface area contributed by atoms with Crippen molar-refractivity contribution in [2.24, 2.45) is 0 Å². The lowest BCUT2D eigenvalue weighted by atomic mass is 9.91. The Bertz CT molecular complexity index is 404. The lowest BCUT2D eigenvalue weighted by molar-refractivity contribution is -0.0379. The van der Waals surface area contributed by atoms with E-state index in [2.05, 4.69) is 19.2 Å². The van der Waals surface area contributed by atoms with Gasteiger partial charge in [0.25, 0.3) is 0 Å². The van der Waals surface area contributed by atoms with Crippen molar-refractivity contribution < 1.29 is 14.2 Å². The smallest absolute Gasteiger partial charge is 0.127 e. The summed E-state index contributed by atoms with van der Waals surface area (Å²) in [4.78, 5) is 0. The second kappa shape index (κ2) is 6.78. The summed E-state index contributed by atoms with van der Waals surface area (Å²) in [6.45, 7) is 6.81. The second-order valence-corrected chi connectivity index (χ2v) is 4.87. The molecular formula is C15H25NO3. The second-order valence-electron chi connectivity index (χ2n) is 4.87. The molecule has 0 heterocycles. The zero-order chi connectivity index (χ0) is 14.5. The van der Waals surface area contributed by atoms with Gasteiger partial charge < -0.3 is 19.5 Å². The minimum Gasteiger partial charge on any atom is -0.497 e. The van der Waals surface area contributed by atoms with Crippen LogP contribution in [0.2, 0.25) is 0 Å². The fourth-order valence-electron chi connectivity index (χ4n) is 2.39. The first kappa shape index (κ1) is 15.8. The standard InChI is InChI=1S/C15H25NO3/c1-7-19-15(2,3)14(16-4)12-9-8-11(17-5)10-13(12)18-6/h8-10,14,16H,7H2,1-6H3. The van der Waals surface area contributed by atoms with E-state index in [1.807, 2.05) is 32.2 Å². The van der Waals surface area contributed by atoms with Gasteiger partial charge in [-0.3, -0.25) is 0 Å². The van der Waals surface area contributed by atoms with E-state index in [9.17, 15) is 0 Å². The maximum absolute atomic E-state index is 5.84. The fraction of sp³-hybridized carbons (Fsp3) is 0.600. The third kappa shape index (κ3) is 3.61. The molecule has 1 aromatic rings. The Morgan fingerprint density at radius 1 is 1.21 bits per heavy atom. The monoisotopic (exact) mass is 267 g/mol. The van der Waals surface area contributed by atoms with Gasteiger partial charge in [-0.25, -0.2) is 0 Å². The van der Waals surface area contributed by atoms with Crippen LogP contribution < -0.4 is 14.8 Å². The molecule has 0 spiro atoms. The lowest BCUT2D eigenvalue weighted by Crippen LogP contribution is -2.40. The van der Waals surface area contributed by atoms with Crippen molar-refractivity contribution in [3.63, 3.8) is 0 Å². The normalized spacial score (nSPS) is 13.2. The van der Waals surface area contributed by atoms with E-state index in [1.165, 1.54) is 0 Å². The molecule has 0 bridgehead atoms. The van der Waals surface area contributed by atoms with Crippen molar-refractivity contribution in [2.45, 2.75) is 32.4 Å². The molecule has 0 saturated carbocycles. The van der Waals surface area contributed by atoms with Gasteiger partial charge in [-0.2, -0.15) is 0 Å². The molecule has 1 atom stereocenters. The number of hydrogen-bond acceptors (Lipinski definition) is 4. The number of ether oxygens (including phenoxy) is 3. The first-order valence-electron chi connectivity index (χ1n) is 6.53. The van der Waals surface area contributed by atoms with E-state index < -0.39 is 0 Å². The number of likely N-dealkylation sites (N-methyl/N-ethyl adjacent to an activating group) is 1. The highest BCUT2D eigenvalue weighted by Crippen LogP contribution is 2.36. The number of rotatable bonds is 7. The van der Waals surface area contributed by atoms with Crippen LogP contribution in [-0.4, -0.2) is 33.5 Å². The van der Waals surface area contributed by atoms with Gasteiger partial charge >= 0.3 is 0 Å². The first-order chi connectivity index (χ1) is 9.00. The molecule has 1 unspecified atom stereocenters. The molecule has 0 fully saturated rings. The molecule has 0 aliphatic rings. The first-order valence-corrected chi connectivity index (χ1v) is 6.53. The molecule has 1 rings (SSSR count). The van der Waals surface area contributed by atoms with Gasteiger partial charge in [0.2, 0.25) is 0 Å². The van der Waals surface area contributed by atoms with E-state index in [1.54, 1.807) is 14.2 Å². The minimum atomic E-state index is -0.328. The molecule has 0 aliphatic carbocycles. The van der Waals surface area contributed by atoms with Crippen molar-refractivity contribution >= 4 is 0 Å². The van der Waals surface area contributed by atoms with Crippen LogP contribution in [-0.2, 0) is 4.74 Å². The van der Waals surface area contributed by atoms with Crippen LogP contribution in [0.4, 0.5) is 0 Å². The van der Waals surface area contributed by atoms with E-state index in [0.29, 0.717) is 6.61 Å². The predicted molar refractivity (Wildman–Crippen MR) is 77.1 cm³/mol. The lowest BCUT2D eigenvalue weighted by Gasteiger charge is -2.35. The summed E-state index contributed by atoms with van der Waals surface area (Å²) in [7, 11) is 5.24. The average Bonchev–Trinajstić information content (AvgIpc) is 2.39. The maximum Gasteiger partial charge on any atom is 0.127 e. The van der Waals surface area contributed by atoms with Crippen LogP contribution in [0.15, 0.2) is 18.2 Å². The zero-order valence-electron chi connectivity index (χ0n) is 12.7. The molecule has 19 heavy (non-hydrogen) atoms. The summed E-state index contributed by atoms with van der Waals surface area (Å²) in [5.41, 5.74) is 0.731. The molecule has 0 aromatic heterocycles. The summed E-state index contributed by atoms with van der Waals surface area (Å²) in [6, 6.07) is 5.87. The van der Waals surface area contributed by atoms with Gasteiger partial charge in [0.15, 0.2) is 0 Å². The van der Waals surface area contributed by atoms with Crippen LogP contribution in [0, 0.1) is 0 Å². The number of methoxy groups -OCH3 is 2. The molecule has 4 heteroatoms. The highest BCUT2D eigenvalue weighted by Gasteiger charge is 2.32. The van der Waals surface area contributed by atoms with Crippen molar-refractivity contribution in [3.05, 3.63) is 23.8 Å². The van der Waals surface area contributed by atoms with Crippen molar-refractivity contribution in [1.82, 2.24) is 5.32 Å². The highest BCUT2D eigenvalue weighted by atomic mass is 16.5. The van der Waals surface area contributed by atoms with E-state index >= 15 is 0 Å². The summed E-state index contributed by atoms with van der Waals surface area (Å²) < 4.78 is 16.5. The Hall–Kier alpha value is -1.26. The largest absolute Gasteiger partial charge is 0.497 e. The molecule has 0 saturated heterocycles. The van der Waals surface area contributed by atoms with Gasteiger partial charge in [0.1, 0.15) is 11.5 Å². The van der Waals surface area contributed by atoms with Gasteiger partial charge in [0.05, 0.1) is 25.9 Å². The molecule has 1 aromatic carbocycles. The third-order valence-electron chi connectivity index (χ3n) is 3.25. The van der Waals surface area contributed by atoms with Crippen LogP contribution in [0.25, 0.3) is 0 Å². The Morgan fingerprint density at radius 3 is 2.37 bits per heavy atom. The molecule has 0 aliphatic heterocycles. The zero-order valence-corrected chi connectivity index (χ0v) is 12.7. The summed E-state index contributed by atoms with van der Waals surface area (Å²) in [5, 5.41) is 3.31. The van der Waals surface area contributed by atoms with Crippen molar-refractivity contribution in [3.8, 4) is 11.5 Å². The summed E-state index contributed by atoms with van der Waals surface area (Å²) in [5.74, 6) is 1.58. The van der Waals surface area contributed by atoms with Gasteiger partial charge in [-0.1, -0.05) is 0 Å². The SMILES string of the molecule is CCOC(C)(C)C(NC)c1ccc(OC)cc1OC. The molecule has 108 valence electrons. The van der Waals surface area contributed by atoms with Crippen LogP contribution in [0.5, 0.6) is 11.5 Å². The molecule has 0 radical (unpaired) electrons. The molecule has 4 nitrogen and oxygen atoms in total. The van der Waals surface area contributed by atoms with E-state index in [4.69, 9.17) is 14.2 Å². The molecule has 0 amide bonds. The molecular weight excluding hydrogens is 242 g/mol. The van der Waals surface area contributed by atoms with Crippen molar-refractivity contribution in [2.75, 3.05) is 27.9 Å². The Labute approximate surface area is 116 Å². The summed E-state index contributed by atoms with van der Waals surface area (Å²) in [6.07, 6.45) is 0. The van der Waals surface area contributed by atoms with Gasteiger partial charge in [-0.05, 0) is 40.0 Å². The predicted octanol–water partition coefficient (Wildman–Crippen LogP) is 2.78. The van der Waals surface area contributed by atoms with E-state index in [0.717, 1.165) is 17.1 Å². The maximum atomic E-state index is 5.84. The topological polar surface area (TPSA) is 39.7 Å². The Balaban J connectivity index is 3.17. The number of nitrogens with one attached hydrogen (secondary N) is 1. The fourth-order valence-corrected chi connectivity index (χ4v) is 2.39. The number of hydrogen-bond donors (Lipinski definition) is 1. The third-order valence-corrected chi connectivity index (χ3v) is 3.25. The van der Waals surface area contributed by atoms with E-state index in [-0.39, 0.29) is 11.6 Å². The summed E-state index contributed by atoms with van der Waals surface area (Å²) >= 11 is 0. The Kier molecular flexibility index (Phi) is 5.63. The quantitative estimate of drug-likeness (QED) is 0.824. The highest BCUT2D eigenvalue weighted by molar-refractivity contribution is 5.43. The van der Waals surface area contributed by atoms with Crippen LogP contribution in [0.1, 0.15) is 32.4 Å². The van der Waals surface area contributed by atoms with Crippen LogP contribution >= 0.6 is 0 Å².